The van der Waals surface area contributed by atoms with E-state index in [2.05, 4.69) is 15.8 Å². The molecule has 0 saturated heterocycles. The van der Waals surface area contributed by atoms with Crippen LogP contribution >= 0.6 is 0 Å². The van der Waals surface area contributed by atoms with Crippen molar-refractivity contribution in [2.45, 2.75) is 39.0 Å². The van der Waals surface area contributed by atoms with Gasteiger partial charge in [-0.3, -0.25) is 14.4 Å². The highest BCUT2D eigenvalue weighted by Gasteiger charge is 2.21. The first-order chi connectivity index (χ1) is 15.5. The normalized spacial score (nSPS) is 14.1. The quantitative estimate of drug-likeness (QED) is 0.296. The summed E-state index contributed by atoms with van der Waals surface area (Å²) in [6.07, 6.45) is 6.72. The third kappa shape index (κ3) is 6.41. The minimum absolute atomic E-state index is 0.0432. The summed E-state index contributed by atoms with van der Waals surface area (Å²) in [4.78, 5) is 35.8. The fourth-order valence-corrected chi connectivity index (χ4v) is 3.55. The third-order valence-electron chi connectivity index (χ3n) is 5.21. The number of anilines is 1. The summed E-state index contributed by atoms with van der Waals surface area (Å²) in [5.41, 5.74) is 4.20. The molecule has 2 amide bonds. The highest BCUT2D eigenvalue weighted by atomic mass is 16.6. The van der Waals surface area contributed by atoms with E-state index < -0.39 is 5.97 Å². The van der Waals surface area contributed by atoms with Gasteiger partial charge in [0, 0.05) is 24.1 Å². The summed E-state index contributed by atoms with van der Waals surface area (Å²) in [6.45, 7) is 1.31. The molecule has 0 heterocycles. The Balaban J connectivity index is 1.55. The zero-order valence-electron chi connectivity index (χ0n) is 18.2. The lowest BCUT2D eigenvalue weighted by molar-refractivity contribution is -0.132. The van der Waals surface area contributed by atoms with Crippen molar-refractivity contribution >= 4 is 29.7 Å². The van der Waals surface area contributed by atoms with Crippen molar-refractivity contribution in [3.8, 4) is 11.5 Å². The zero-order valence-corrected chi connectivity index (χ0v) is 18.2. The van der Waals surface area contributed by atoms with Crippen molar-refractivity contribution in [1.82, 2.24) is 5.43 Å². The molecule has 8 heteroatoms. The van der Waals surface area contributed by atoms with Gasteiger partial charge in [0.05, 0.1) is 13.3 Å². The average Bonchev–Trinajstić information content (AvgIpc) is 2.80. The van der Waals surface area contributed by atoms with Gasteiger partial charge >= 0.3 is 5.97 Å². The Morgan fingerprint density at radius 2 is 1.72 bits per heavy atom. The number of amides is 2. The Hall–Kier alpha value is -3.68. The molecule has 1 saturated carbocycles. The summed E-state index contributed by atoms with van der Waals surface area (Å²) in [5.74, 6) is -0.0333. The van der Waals surface area contributed by atoms with Crippen LogP contribution in [-0.4, -0.2) is 31.1 Å². The third-order valence-corrected chi connectivity index (χ3v) is 5.21. The van der Waals surface area contributed by atoms with Gasteiger partial charge in [0.15, 0.2) is 11.5 Å². The fourth-order valence-electron chi connectivity index (χ4n) is 3.55. The lowest BCUT2D eigenvalue weighted by atomic mass is 9.88. The lowest BCUT2D eigenvalue weighted by Gasteiger charge is -2.20. The minimum Gasteiger partial charge on any atom is -0.493 e. The van der Waals surface area contributed by atoms with E-state index in [9.17, 15) is 14.4 Å². The van der Waals surface area contributed by atoms with Crippen LogP contribution in [0.4, 0.5) is 5.69 Å². The van der Waals surface area contributed by atoms with Crippen LogP contribution in [0.15, 0.2) is 47.6 Å². The maximum Gasteiger partial charge on any atom is 0.308 e. The highest BCUT2D eigenvalue weighted by Crippen LogP contribution is 2.28. The molecule has 2 aromatic rings. The largest absolute Gasteiger partial charge is 0.493 e. The van der Waals surface area contributed by atoms with Crippen LogP contribution in [0.5, 0.6) is 11.5 Å². The Kier molecular flexibility index (Phi) is 7.96. The number of hydrogen-bond donors (Lipinski definition) is 2. The van der Waals surface area contributed by atoms with Crippen LogP contribution in [0.3, 0.4) is 0 Å². The van der Waals surface area contributed by atoms with E-state index in [0.29, 0.717) is 28.3 Å². The highest BCUT2D eigenvalue weighted by molar-refractivity contribution is 5.96. The number of benzene rings is 2. The molecule has 1 aliphatic rings. The predicted octanol–water partition coefficient (Wildman–Crippen LogP) is 3.90. The molecule has 0 atom stereocenters. The van der Waals surface area contributed by atoms with Gasteiger partial charge in [-0.2, -0.15) is 5.10 Å². The van der Waals surface area contributed by atoms with E-state index in [1.54, 1.807) is 42.5 Å². The molecule has 0 radical (unpaired) electrons. The Morgan fingerprint density at radius 1 is 1.00 bits per heavy atom. The number of hydrogen-bond acceptors (Lipinski definition) is 6. The van der Waals surface area contributed by atoms with Gasteiger partial charge in [-0.25, -0.2) is 5.43 Å². The van der Waals surface area contributed by atoms with Gasteiger partial charge in [-0.15, -0.1) is 0 Å². The first-order valence-electron chi connectivity index (χ1n) is 10.6. The molecule has 0 bridgehead atoms. The molecular weight excluding hydrogens is 410 g/mol. The second kappa shape index (κ2) is 11.1. The van der Waals surface area contributed by atoms with Crippen LogP contribution in [0.25, 0.3) is 0 Å². The van der Waals surface area contributed by atoms with E-state index in [-0.39, 0.29) is 17.7 Å². The number of carbonyl (C=O) groups excluding carboxylic acids is 3. The zero-order chi connectivity index (χ0) is 22.9. The van der Waals surface area contributed by atoms with Gasteiger partial charge in [0.25, 0.3) is 5.91 Å². The van der Waals surface area contributed by atoms with Crippen molar-refractivity contribution in [2.75, 3.05) is 12.4 Å². The summed E-state index contributed by atoms with van der Waals surface area (Å²) < 4.78 is 10.3. The number of nitrogens with zero attached hydrogens (tertiary/aromatic N) is 1. The predicted molar refractivity (Wildman–Crippen MR) is 121 cm³/mol. The van der Waals surface area contributed by atoms with Crippen molar-refractivity contribution in [1.29, 1.82) is 0 Å². The van der Waals surface area contributed by atoms with E-state index in [0.717, 1.165) is 25.7 Å². The molecule has 32 heavy (non-hydrogen) atoms. The van der Waals surface area contributed by atoms with Gasteiger partial charge < -0.3 is 14.8 Å². The van der Waals surface area contributed by atoms with Crippen molar-refractivity contribution in [3.05, 3.63) is 53.6 Å². The first kappa shape index (κ1) is 23.0. The minimum atomic E-state index is -0.448. The number of nitrogens with one attached hydrogen (secondary N) is 2. The smallest absolute Gasteiger partial charge is 0.308 e. The van der Waals surface area contributed by atoms with Gasteiger partial charge in [0.1, 0.15) is 0 Å². The molecule has 0 unspecified atom stereocenters. The molecule has 1 aliphatic carbocycles. The maximum atomic E-state index is 12.3. The lowest BCUT2D eigenvalue weighted by Crippen LogP contribution is -2.24. The fraction of sp³-hybridized carbons (Fsp3) is 0.333. The summed E-state index contributed by atoms with van der Waals surface area (Å²) >= 11 is 0. The van der Waals surface area contributed by atoms with Crippen molar-refractivity contribution in [2.24, 2.45) is 11.0 Å². The first-order valence-corrected chi connectivity index (χ1v) is 10.6. The summed E-state index contributed by atoms with van der Waals surface area (Å²) in [7, 11) is 1.46. The van der Waals surface area contributed by atoms with Crippen molar-refractivity contribution in [3.63, 3.8) is 0 Å². The molecule has 2 N–H and O–H groups in total. The molecule has 8 nitrogen and oxygen atoms in total. The van der Waals surface area contributed by atoms with E-state index in [1.165, 1.54) is 26.7 Å². The number of methoxy groups -OCH3 is 1. The second-order valence-electron chi connectivity index (χ2n) is 7.60. The van der Waals surface area contributed by atoms with Crippen LogP contribution in [0.2, 0.25) is 0 Å². The standard InChI is InChI=1S/C24H27N3O5/c1-16(28)32-21-13-8-17(14-22(21)31-2)15-25-27-24(30)19-9-11-20(12-10-19)26-23(29)18-6-4-3-5-7-18/h8-15,18H,3-7H2,1-2H3,(H,26,29)(H,27,30)/b25-15+. The number of esters is 1. The van der Waals surface area contributed by atoms with Crippen LogP contribution in [0.1, 0.15) is 54.9 Å². The topological polar surface area (TPSA) is 106 Å². The Morgan fingerprint density at radius 3 is 2.38 bits per heavy atom. The molecule has 0 aliphatic heterocycles. The molecule has 0 spiro atoms. The molecule has 0 aromatic heterocycles. The molecule has 2 aromatic carbocycles. The van der Waals surface area contributed by atoms with Crippen LogP contribution in [0, 0.1) is 5.92 Å². The Labute approximate surface area is 187 Å². The number of carbonyl (C=O) groups is 3. The molecular formula is C24H27N3O5. The summed E-state index contributed by atoms with van der Waals surface area (Å²) in [6, 6.07) is 11.6. The number of ether oxygens (including phenoxy) is 2. The van der Waals surface area contributed by atoms with Crippen LogP contribution in [-0.2, 0) is 9.59 Å². The van der Waals surface area contributed by atoms with Crippen LogP contribution < -0.4 is 20.2 Å². The van der Waals surface area contributed by atoms with E-state index in [4.69, 9.17) is 9.47 Å². The van der Waals surface area contributed by atoms with Gasteiger partial charge in [-0.05, 0) is 60.9 Å². The van der Waals surface area contributed by atoms with E-state index >= 15 is 0 Å². The SMILES string of the molecule is COc1cc(/C=N/NC(=O)c2ccc(NC(=O)C3CCCCC3)cc2)ccc1OC(C)=O. The average molecular weight is 437 g/mol. The Bertz CT molecular complexity index is 995. The molecule has 168 valence electrons. The van der Waals surface area contributed by atoms with Gasteiger partial charge in [-0.1, -0.05) is 19.3 Å². The monoisotopic (exact) mass is 437 g/mol. The number of rotatable bonds is 7. The molecule has 1 fully saturated rings. The van der Waals surface area contributed by atoms with E-state index in [1.807, 2.05) is 0 Å². The second-order valence-corrected chi connectivity index (χ2v) is 7.60. The number of hydrazone groups is 1. The maximum absolute atomic E-state index is 12.3. The van der Waals surface area contributed by atoms with Gasteiger partial charge in [0.2, 0.25) is 5.91 Å². The van der Waals surface area contributed by atoms with Crippen molar-refractivity contribution < 1.29 is 23.9 Å². The summed E-state index contributed by atoms with van der Waals surface area (Å²) in [5, 5.41) is 6.88. The molecule has 3 rings (SSSR count).